The van der Waals surface area contributed by atoms with E-state index in [-0.39, 0.29) is 6.04 Å². The van der Waals surface area contributed by atoms with E-state index in [1.54, 1.807) is 0 Å². The zero-order valence-electron chi connectivity index (χ0n) is 13.0. The molecule has 0 spiro atoms. The normalized spacial score (nSPS) is 14.1. The molecule has 114 valence electrons. The fourth-order valence-electron chi connectivity index (χ4n) is 2.41. The van der Waals surface area contributed by atoms with Gasteiger partial charge in [0.25, 0.3) is 0 Å². The molecule has 2 aromatic rings. The first-order valence-electron chi connectivity index (χ1n) is 7.74. The second kappa shape index (κ2) is 7.81. The number of hydrogen-bond acceptors (Lipinski definition) is 2. The number of benzene rings is 1. The lowest BCUT2D eigenvalue weighted by Gasteiger charge is -2.18. The van der Waals surface area contributed by atoms with Gasteiger partial charge in [0.15, 0.2) is 4.67 Å². The third kappa shape index (κ3) is 4.21. The number of rotatable bonds is 7. The molecule has 1 N–H and O–H groups in total. The molecular formula is C18H24BrNO. The summed E-state index contributed by atoms with van der Waals surface area (Å²) < 4.78 is 6.53. The van der Waals surface area contributed by atoms with Gasteiger partial charge in [-0.05, 0) is 64.5 Å². The van der Waals surface area contributed by atoms with Crippen molar-refractivity contribution in [3.05, 3.63) is 58.0 Å². The molecule has 2 rings (SSSR count). The summed E-state index contributed by atoms with van der Waals surface area (Å²) in [6, 6.07) is 13.0. The fourth-order valence-corrected chi connectivity index (χ4v) is 2.73. The quantitative estimate of drug-likeness (QED) is 0.699. The number of hydrogen-bond donors (Lipinski definition) is 1. The number of nitrogens with one attached hydrogen (secondary N) is 1. The maximum absolute atomic E-state index is 5.75. The van der Waals surface area contributed by atoms with Crippen molar-refractivity contribution in [2.45, 2.75) is 45.6 Å². The first kappa shape index (κ1) is 16.3. The Kier molecular flexibility index (Phi) is 6.07. The van der Waals surface area contributed by atoms with E-state index >= 15 is 0 Å². The van der Waals surface area contributed by atoms with Crippen molar-refractivity contribution in [1.82, 2.24) is 5.32 Å². The van der Waals surface area contributed by atoms with Crippen molar-refractivity contribution in [2.75, 3.05) is 6.54 Å². The van der Waals surface area contributed by atoms with Gasteiger partial charge in [0.1, 0.15) is 5.76 Å². The number of furan rings is 1. The van der Waals surface area contributed by atoms with Gasteiger partial charge < -0.3 is 9.73 Å². The largest absolute Gasteiger partial charge is 0.452 e. The molecule has 1 heterocycles. The predicted molar refractivity (Wildman–Crippen MR) is 91.7 cm³/mol. The first-order chi connectivity index (χ1) is 10.2. The maximum Gasteiger partial charge on any atom is 0.169 e. The third-order valence-electron chi connectivity index (χ3n) is 3.93. The van der Waals surface area contributed by atoms with E-state index in [9.17, 15) is 0 Å². The lowest BCUT2D eigenvalue weighted by atomic mass is 9.95. The van der Waals surface area contributed by atoms with E-state index in [1.807, 2.05) is 12.1 Å². The minimum absolute atomic E-state index is 0.113. The molecule has 0 saturated heterocycles. The van der Waals surface area contributed by atoms with Crippen LogP contribution < -0.4 is 5.32 Å². The Bertz CT molecular complexity index is 547. The zero-order chi connectivity index (χ0) is 15.2. The van der Waals surface area contributed by atoms with Crippen LogP contribution in [0.2, 0.25) is 0 Å². The molecule has 2 unspecified atom stereocenters. The van der Waals surface area contributed by atoms with Gasteiger partial charge >= 0.3 is 0 Å². The zero-order valence-corrected chi connectivity index (χ0v) is 14.6. The average Bonchev–Trinajstić information content (AvgIpc) is 2.94. The Morgan fingerprint density at radius 3 is 2.24 bits per heavy atom. The summed E-state index contributed by atoms with van der Waals surface area (Å²) >= 11 is 3.39. The van der Waals surface area contributed by atoms with Crippen molar-refractivity contribution in [2.24, 2.45) is 0 Å². The molecule has 0 bridgehead atoms. The van der Waals surface area contributed by atoms with Crippen LogP contribution in [0.15, 0.2) is 45.5 Å². The molecule has 21 heavy (non-hydrogen) atoms. The van der Waals surface area contributed by atoms with Gasteiger partial charge in [-0.1, -0.05) is 45.0 Å². The first-order valence-corrected chi connectivity index (χ1v) is 8.53. The smallest absolute Gasteiger partial charge is 0.169 e. The minimum atomic E-state index is 0.113. The molecule has 0 fully saturated rings. The van der Waals surface area contributed by atoms with Crippen LogP contribution in [0.5, 0.6) is 0 Å². The summed E-state index contributed by atoms with van der Waals surface area (Å²) in [7, 11) is 0. The lowest BCUT2D eigenvalue weighted by Crippen LogP contribution is -2.22. The van der Waals surface area contributed by atoms with E-state index in [0.717, 1.165) is 23.4 Å². The molecular weight excluding hydrogens is 326 g/mol. The average molecular weight is 350 g/mol. The van der Waals surface area contributed by atoms with Crippen LogP contribution in [0.4, 0.5) is 0 Å². The van der Waals surface area contributed by atoms with Gasteiger partial charge in [-0.2, -0.15) is 0 Å². The Balaban J connectivity index is 2.24. The number of halogens is 1. The molecule has 0 radical (unpaired) electrons. The van der Waals surface area contributed by atoms with Crippen molar-refractivity contribution < 1.29 is 4.42 Å². The van der Waals surface area contributed by atoms with Crippen LogP contribution in [0, 0.1) is 0 Å². The van der Waals surface area contributed by atoms with Gasteiger partial charge in [0.05, 0.1) is 6.04 Å². The van der Waals surface area contributed by atoms with Gasteiger partial charge in [-0.25, -0.2) is 0 Å². The second-order valence-electron chi connectivity index (χ2n) is 5.50. The highest BCUT2D eigenvalue weighted by Crippen LogP contribution is 2.28. The highest BCUT2D eigenvalue weighted by Gasteiger charge is 2.17. The highest BCUT2D eigenvalue weighted by molar-refractivity contribution is 9.10. The van der Waals surface area contributed by atoms with Crippen LogP contribution in [-0.4, -0.2) is 6.54 Å². The molecule has 0 aliphatic rings. The highest BCUT2D eigenvalue weighted by atomic mass is 79.9. The predicted octanol–water partition coefficient (Wildman–Crippen LogP) is 5.64. The van der Waals surface area contributed by atoms with Crippen molar-refractivity contribution in [3.8, 4) is 0 Å². The molecule has 0 aliphatic carbocycles. The van der Waals surface area contributed by atoms with E-state index in [0.29, 0.717) is 5.92 Å². The van der Waals surface area contributed by atoms with Gasteiger partial charge in [0.2, 0.25) is 0 Å². The van der Waals surface area contributed by atoms with Crippen LogP contribution >= 0.6 is 15.9 Å². The van der Waals surface area contributed by atoms with E-state index in [4.69, 9.17) is 4.42 Å². The Morgan fingerprint density at radius 1 is 1.05 bits per heavy atom. The standard InChI is InChI=1S/C18H24BrNO/c1-4-12-20-18(16-10-11-17(19)21-16)15-8-6-14(7-9-15)13(3)5-2/h6-11,13,18,20H,4-5,12H2,1-3H3. The fraction of sp³-hybridized carbons (Fsp3) is 0.444. The van der Waals surface area contributed by atoms with Crippen LogP contribution in [0.1, 0.15) is 62.5 Å². The summed E-state index contributed by atoms with van der Waals surface area (Å²) in [5.74, 6) is 1.56. The van der Waals surface area contributed by atoms with Crippen molar-refractivity contribution >= 4 is 15.9 Å². The van der Waals surface area contributed by atoms with Crippen molar-refractivity contribution in [3.63, 3.8) is 0 Å². The lowest BCUT2D eigenvalue weighted by molar-refractivity contribution is 0.433. The monoisotopic (exact) mass is 349 g/mol. The summed E-state index contributed by atoms with van der Waals surface area (Å²) in [6.07, 6.45) is 2.27. The summed E-state index contributed by atoms with van der Waals surface area (Å²) in [5, 5.41) is 3.56. The summed E-state index contributed by atoms with van der Waals surface area (Å²) in [5.41, 5.74) is 2.65. The van der Waals surface area contributed by atoms with Crippen LogP contribution in [-0.2, 0) is 0 Å². The molecule has 1 aromatic heterocycles. The van der Waals surface area contributed by atoms with E-state index < -0.39 is 0 Å². The Morgan fingerprint density at radius 2 is 1.71 bits per heavy atom. The molecule has 2 nitrogen and oxygen atoms in total. The van der Waals surface area contributed by atoms with Crippen LogP contribution in [0.3, 0.4) is 0 Å². The van der Waals surface area contributed by atoms with Gasteiger partial charge in [-0.3, -0.25) is 0 Å². The Hall–Kier alpha value is -1.06. The van der Waals surface area contributed by atoms with Gasteiger partial charge in [-0.15, -0.1) is 0 Å². The summed E-state index contributed by atoms with van der Waals surface area (Å²) in [4.78, 5) is 0. The second-order valence-corrected chi connectivity index (χ2v) is 6.29. The summed E-state index contributed by atoms with van der Waals surface area (Å²) in [6.45, 7) is 7.64. The molecule has 1 aromatic carbocycles. The van der Waals surface area contributed by atoms with Crippen molar-refractivity contribution in [1.29, 1.82) is 0 Å². The van der Waals surface area contributed by atoms with Gasteiger partial charge in [0, 0.05) is 0 Å². The SMILES string of the molecule is CCCNC(c1ccc(C(C)CC)cc1)c1ccc(Br)o1. The van der Waals surface area contributed by atoms with E-state index in [1.165, 1.54) is 17.5 Å². The molecule has 0 amide bonds. The molecule has 0 saturated carbocycles. The third-order valence-corrected chi connectivity index (χ3v) is 4.35. The maximum atomic E-state index is 5.75. The molecule has 0 aliphatic heterocycles. The Labute approximate surface area is 136 Å². The topological polar surface area (TPSA) is 25.2 Å². The minimum Gasteiger partial charge on any atom is -0.452 e. The molecule has 2 atom stereocenters. The van der Waals surface area contributed by atoms with E-state index in [2.05, 4.69) is 66.3 Å². The molecule has 3 heteroatoms. The van der Waals surface area contributed by atoms with Crippen LogP contribution in [0.25, 0.3) is 0 Å².